The lowest BCUT2D eigenvalue weighted by Crippen LogP contribution is -2.42. The van der Waals surface area contributed by atoms with Crippen LogP contribution in [0.25, 0.3) is 0 Å². The summed E-state index contributed by atoms with van der Waals surface area (Å²) >= 11 is 0. The summed E-state index contributed by atoms with van der Waals surface area (Å²) < 4.78 is 0. The second kappa shape index (κ2) is 5.56. The van der Waals surface area contributed by atoms with E-state index in [0.717, 1.165) is 18.7 Å². The van der Waals surface area contributed by atoms with Gasteiger partial charge in [0.2, 0.25) is 0 Å². The molecule has 0 radical (unpaired) electrons. The molecule has 0 aliphatic rings. The molecule has 0 bridgehead atoms. The Balaban J connectivity index is 2.64. The van der Waals surface area contributed by atoms with Crippen LogP contribution in [0.3, 0.4) is 0 Å². The third-order valence-corrected chi connectivity index (χ3v) is 1.80. The second-order valence-electron chi connectivity index (χ2n) is 2.85. The van der Waals surface area contributed by atoms with Gasteiger partial charge in [-0.25, -0.2) is 5.43 Å². The van der Waals surface area contributed by atoms with Crippen molar-refractivity contribution in [3.8, 4) is 0 Å². The fourth-order valence-corrected chi connectivity index (χ4v) is 1.24. The van der Waals surface area contributed by atoms with Gasteiger partial charge in [-0.3, -0.25) is 0 Å². The van der Waals surface area contributed by atoms with Gasteiger partial charge < -0.3 is 10.7 Å². The van der Waals surface area contributed by atoms with Crippen molar-refractivity contribution < 1.29 is 0 Å². The zero-order valence-corrected chi connectivity index (χ0v) is 8.03. The molecule has 0 fully saturated rings. The van der Waals surface area contributed by atoms with Crippen molar-refractivity contribution in [1.82, 2.24) is 5.43 Å². The summed E-state index contributed by atoms with van der Waals surface area (Å²) in [7, 11) is 0. The van der Waals surface area contributed by atoms with Crippen molar-refractivity contribution in [1.29, 1.82) is 0 Å². The Labute approximate surface area is 79.5 Å². The molecule has 0 saturated heterocycles. The van der Waals surface area contributed by atoms with E-state index in [9.17, 15) is 0 Å². The van der Waals surface area contributed by atoms with Crippen LogP contribution in [-0.4, -0.2) is 13.2 Å². The Bertz CT molecular complexity index is 217. The Kier molecular flexibility index (Phi) is 4.29. The summed E-state index contributed by atoms with van der Waals surface area (Å²) in [5.74, 6) is 0. The molecule has 1 aromatic rings. The van der Waals surface area contributed by atoms with Crippen LogP contribution in [0.1, 0.15) is 13.3 Å². The zero-order valence-electron chi connectivity index (χ0n) is 8.03. The highest BCUT2D eigenvalue weighted by atomic mass is 15.5. The molecule has 0 spiro atoms. The fraction of sp³-hybridized carbons (Fsp3) is 0.400. The molecule has 0 saturated carbocycles. The number of nitrogens with two attached hydrogens (primary N) is 1. The van der Waals surface area contributed by atoms with Gasteiger partial charge in [-0.15, -0.1) is 0 Å². The van der Waals surface area contributed by atoms with E-state index in [1.54, 1.807) is 0 Å². The third kappa shape index (κ3) is 3.05. The summed E-state index contributed by atoms with van der Waals surface area (Å²) in [6.45, 7) is 3.59. The average molecular weight is 179 g/mol. The first kappa shape index (κ1) is 10.0. The lowest BCUT2D eigenvalue weighted by molar-refractivity contribution is 0.626. The number of para-hydroxylation sites is 1. The summed E-state index contributed by atoms with van der Waals surface area (Å²) in [6, 6.07) is 10.2. The van der Waals surface area contributed by atoms with E-state index in [4.69, 9.17) is 5.73 Å². The van der Waals surface area contributed by atoms with Gasteiger partial charge in [-0.2, -0.15) is 0 Å². The topological polar surface area (TPSA) is 41.3 Å². The molecule has 0 atom stereocenters. The lowest BCUT2D eigenvalue weighted by atomic mass is 10.3. The number of hydrazine groups is 1. The standard InChI is InChI=1S/C10H17N3/c1-2-8-13(12-9-11)10-6-4-3-5-7-10/h3-7,12H,2,8-9,11H2,1H3. The largest absolute Gasteiger partial charge is 0.317 e. The first-order chi connectivity index (χ1) is 6.38. The highest BCUT2D eigenvalue weighted by Gasteiger charge is 2.01. The maximum absolute atomic E-state index is 5.44. The Hall–Kier alpha value is -1.06. The molecule has 13 heavy (non-hydrogen) atoms. The van der Waals surface area contributed by atoms with Crippen molar-refractivity contribution in [3.63, 3.8) is 0 Å². The number of nitrogens with one attached hydrogen (secondary N) is 1. The van der Waals surface area contributed by atoms with Gasteiger partial charge in [0.05, 0.1) is 12.4 Å². The fourth-order valence-electron chi connectivity index (χ4n) is 1.24. The molecule has 0 aromatic heterocycles. The van der Waals surface area contributed by atoms with E-state index in [2.05, 4.69) is 29.5 Å². The van der Waals surface area contributed by atoms with Crippen LogP contribution >= 0.6 is 0 Å². The molecule has 0 heterocycles. The minimum Gasteiger partial charge on any atom is -0.317 e. The predicted octanol–water partition coefficient (Wildman–Crippen LogP) is 1.32. The first-order valence-electron chi connectivity index (χ1n) is 4.64. The van der Waals surface area contributed by atoms with Crippen LogP contribution in [0.4, 0.5) is 5.69 Å². The number of benzene rings is 1. The van der Waals surface area contributed by atoms with Crippen molar-refractivity contribution >= 4 is 5.69 Å². The zero-order chi connectivity index (χ0) is 9.52. The number of hydrogen-bond acceptors (Lipinski definition) is 3. The molecule has 72 valence electrons. The van der Waals surface area contributed by atoms with Crippen LogP contribution in [0.5, 0.6) is 0 Å². The summed E-state index contributed by atoms with van der Waals surface area (Å²) in [5.41, 5.74) is 9.72. The third-order valence-electron chi connectivity index (χ3n) is 1.80. The number of hydrogen-bond donors (Lipinski definition) is 2. The van der Waals surface area contributed by atoms with Gasteiger partial charge in [-0.05, 0) is 18.6 Å². The van der Waals surface area contributed by atoms with Crippen molar-refractivity contribution in [2.45, 2.75) is 13.3 Å². The Morgan fingerprint density at radius 1 is 1.31 bits per heavy atom. The van der Waals surface area contributed by atoms with Gasteiger partial charge in [0.1, 0.15) is 0 Å². The van der Waals surface area contributed by atoms with E-state index in [-0.39, 0.29) is 0 Å². The van der Waals surface area contributed by atoms with Crippen molar-refractivity contribution in [3.05, 3.63) is 30.3 Å². The molecule has 0 aliphatic heterocycles. The SMILES string of the molecule is CCCN(NCN)c1ccccc1. The predicted molar refractivity (Wildman–Crippen MR) is 56.3 cm³/mol. The maximum Gasteiger partial charge on any atom is 0.0615 e. The van der Waals surface area contributed by atoms with Crippen LogP contribution in [-0.2, 0) is 0 Å². The maximum atomic E-state index is 5.44. The molecule has 1 rings (SSSR count). The quantitative estimate of drug-likeness (QED) is 0.529. The average Bonchev–Trinajstić information content (AvgIpc) is 2.19. The smallest absolute Gasteiger partial charge is 0.0615 e. The molecular formula is C10H17N3. The normalized spacial score (nSPS) is 10.0. The highest BCUT2D eigenvalue weighted by Crippen LogP contribution is 2.10. The molecule has 0 amide bonds. The van der Waals surface area contributed by atoms with Crippen LogP contribution < -0.4 is 16.2 Å². The van der Waals surface area contributed by atoms with Gasteiger partial charge in [-0.1, -0.05) is 25.1 Å². The molecule has 3 nitrogen and oxygen atoms in total. The summed E-state index contributed by atoms with van der Waals surface area (Å²) in [4.78, 5) is 0. The number of anilines is 1. The highest BCUT2D eigenvalue weighted by molar-refractivity contribution is 5.44. The second-order valence-corrected chi connectivity index (χ2v) is 2.85. The van der Waals surface area contributed by atoms with Crippen LogP contribution in [0.15, 0.2) is 30.3 Å². The van der Waals surface area contributed by atoms with Crippen molar-refractivity contribution in [2.75, 3.05) is 18.2 Å². The Morgan fingerprint density at radius 2 is 2.00 bits per heavy atom. The van der Waals surface area contributed by atoms with E-state index in [0.29, 0.717) is 6.67 Å². The van der Waals surface area contributed by atoms with E-state index < -0.39 is 0 Å². The molecule has 3 heteroatoms. The molecule has 1 aromatic carbocycles. The van der Waals surface area contributed by atoms with Crippen LogP contribution in [0.2, 0.25) is 0 Å². The van der Waals surface area contributed by atoms with Gasteiger partial charge in [0.25, 0.3) is 0 Å². The number of rotatable bonds is 5. The summed E-state index contributed by atoms with van der Waals surface area (Å²) in [5, 5.41) is 2.07. The Morgan fingerprint density at radius 3 is 2.54 bits per heavy atom. The monoisotopic (exact) mass is 179 g/mol. The van der Waals surface area contributed by atoms with Crippen LogP contribution in [0, 0.1) is 0 Å². The number of nitrogens with zero attached hydrogens (tertiary/aromatic N) is 1. The van der Waals surface area contributed by atoms with E-state index >= 15 is 0 Å². The molecule has 0 unspecified atom stereocenters. The van der Waals surface area contributed by atoms with Gasteiger partial charge in [0, 0.05) is 6.54 Å². The molecule has 0 aliphatic carbocycles. The minimum atomic E-state index is 0.467. The van der Waals surface area contributed by atoms with E-state index in [1.807, 2.05) is 18.2 Å². The van der Waals surface area contributed by atoms with E-state index in [1.165, 1.54) is 0 Å². The lowest BCUT2D eigenvalue weighted by Gasteiger charge is -2.24. The molecule has 3 N–H and O–H groups in total. The summed E-state index contributed by atoms with van der Waals surface area (Å²) in [6.07, 6.45) is 1.10. The van der Waals surface area contributed by atoms with Gasteiger partial charge in [0.15, 0.2) is 0 Å². The first-order valence-corrected chi connectivity index (χ1v) is 4.64. The molecular weight excluding hydrogens is 162 g/mol. The minimum absolute atomic E-state index is 0.467. The van der Waals surface area contributed by atoms with Crippen molar-refractivity contribution in [2.24, 2.45) is 5.73 Å². The van der Waals surface area contributed by atoms with Gasteiger partial charge >= 0.3 is 0 Å².